The maximum atomic E-state index is 12.1. The average molecular weight is 294 g/mol. The SMILES string of the molecule is COc1ccc(CNC(=O)[C@@H](CC(C)C)NC(N)=O)cn1. The molecule has 0 aromatic carbocycles. The van der Waals surface area contributed by atoms with Crippen molar-refractivity contribution in [1.82, 2.24) is 15.6 Å². The number of primary amides is 1. The first-order chi connectivity index (χ1) is 9.92. The van der Waals surface area contributed by atoms with Gasteiger partial charge in [-0.1, -0.05) is 19.9 Å². The van der Waals surface area contributed by atoms with Crippen LogP contribution in [0.5, 0.6) is 5.88 Å². The van der Waals surface area contributed by atoms with E-state index in [4.69, 9.17) is 10.5 Å². The molecule has 0 aliphatic rings. The number of hydrogen-bond acceptors (Lipinski definition) is 4. The molecule has 1 aromatic heterocycles. The molecule has 0 radical (unpaired) electrons. The number of nitrogens with two attached hydrogens (primary N) is 1. The van der Waals surface area contributed by atoms with Gasteiger partial charge in [-0.05, 0) is 17.9 Å². The van der Waals surface area contributed by atoms with Crippen LogP contribution in [0.15, 0.2) is 18.3 Å². The van der Waals surface area contributed by atoms with Crippen molar-refractivity contribution in [3.05, 3.63) is 23.9 Å². The smallest absolute Gasteiger partial charge is 0.312 e. The molecule has 4 N–H and O–H groups in total. The van der Waals surface area contributed by atoms with Gasteiger partial charge in [-0.2, -0.15) is 0 Å². The van der Waals surface area contributed by atoms with Gasteiger partial charge < -0.3 is 21.1 Å². The van der Waals surface area contributed by atoms with Crippen LogP contribution in [0.25, 0.3) is 0 Å². The van der Waals surface area contributed by atoms with Gasteiger partial charge in [-0.15, -0.1) is 0 Å². The number of carbonyl (C=O) groups excluding carboxylic acids is 2. The second kappa shape index (κ2) is 8.08. The number of rotatable bonds is 7. The lowest BCUT2D eigenvalue weighted by Crippen LogP contribution is -2.49. The molecule has 0 saturated heterocycles. The molecule has 0 unspecified atom stereocenters. The Bertz CT molecular complexity index is 474. The summed E-state index contributed by atoms with van der Waals surface area (Å²) in [6, 6.07) is 2.19. The Labute approximate surface area is 124 Å². The fourth-order valence-corrected chi connectivity index (χ4v) is 1.82. The van der Waals surface area contributed by atoms with Crippen molar-refractivity contribution < 1.29 is 14.3 Å². The number of methoxy groups -OCH3 is 1. The zero-order valence-electron chi connectivity index (χ0n) is 12.6. The van der Waals surface area contributed by atoms with E-state index in [2.05, 4.69) is 15.6 Å². The molecule has 0 aliphatic carbocycles. The van der Waals surface area contributed by atoms with Gasteiger partial charge in [0.2, 0.25) is 11.8 Å². The van der Waals surface area contributed by atoms with E-state index in [1.54, 1.807) is 12.3 Å². The van der Waals surface area contributed by atoms with Crippen LogP contribution < -0.4 is 21.1 Å². The highest BCUT2D eigenvalue weighted by Gasteiger charge is 2.20. The van der Waals surface area contributed by atoms with Gasteiger partial charge in [0.15, 0.2) is 0 Å². The Balaban J connectivity index is 2.57. The zero-order chi connectivity index (χ0) is 15.8. The van der Waals surface area contributed by atoms with Crippen molar-refractivity contribution in [2.45, 2.75) is 32.9 Å². The predicted molar refractivity (Wildman–Crippen MR) is 78.6 cm³/mol. The minimum atomic E-state index is -0.707. The van der Waals surface area contributed by atoms with E-state index in [1.807, 2.05) is 19.9 Å². The van der Waals surface area contributed by atoms with Crippen molar-refractivity contribution in [2.24, 2.45) is 11.7 Å². The molecule has 21 heavy (non-hydrogen) atoms. The first-order valence-corrected chi connectivity index (χ1v) is 6.75. The van der Waals surface area contributed by atoms with Crippen LogP contribution in [-0.2, 0) is 11.3 Å². The second-order valence-corrected chi connectivity index (χ2v) is 5.12. The van der Waals surface area contributed by atoms with Crippen molar-refractivity contribution in [3.63, 3.8) is 0 Å². The number of pyridine rings is 1. The zero-order valence-corrected chi connectivity index (χ0v) is 12.6. The van der Waals surface area contributed by atoms with Crippen molar-refractivity contribution in [1.29, 1.82) is 0 Å². The number of amides is 3. The number of ether oxygens (including phenoxy) is 1. The molecule has 1 rings (SSSR count). The Morgan fingerprint density at radius 2 is 2.10 bits per heavy atom. The third-order valence-corrected chi connectivity index (χ3v) is 2.81. The van der Waals surface area contributed by atoms with E-state index in [1.165, 1.54) is 7.11 Å². The number of aromatic nitrogens is 1. The van der Waals surface area contributed by atoms with Crippen molar-refractivity contribution >= 4 is 11.9 Å². The lowest BCUT2D eigenvalue weighted by atomic mass is 10.0. The number of carbonyl (C=O) groups is 2. The van der Waals surface area contributed by atoms with Crippen LogP contribution in [0.1, 0.15) is 25.8 Å². The summed E-state index contributed by atoms with van der Waals surface area (Å²) in [4.78, 5) is 27.1. The van der Waals surface area contributed by atoms with E-state index in [0.717, 1.165) is 5.56 Å². The maximum Gasteiger partial charge on any atom is 0.312 e. The monoisotopic (exact) mass is 294 g/mol. The molecule has 0 fully saturated rings. The number of hydrogen-bond donors (Lipinski definition) is 3. The van der Waals surface area contributed by atoms with E-state index >= 15 is 0 Å². The molecular formula is C14H22N4O3. The lowest BCUT2D eigenvalue weighted by Gasteiger charge is -2.19. The van der Waals surface area contributed by atoms with Gasteiger partial charge in [0, 0.05) is 18.8 Å². The first-order valence-electron chi connectivity index (χ1n) is 6.75. The molecule has 116 valence electrons. The summed E-state index contributed by atoms with van der Waals surface area (Å²) >= 11 is 0. The Morgan fingerprint density at radius 1 is 1.38 bits per heavy atom. The summed E-state index contributed by atoms with van der Waals surface area (Å²) in [6.45, 7) is 4.26. The number of nitrogens with zero attached hydrogens (tertiary/aromatic N) is 1. The van der Waals surface area contributed by atoms with Crippen LogP contribution in [-0.4, -0.2) is 30.1 Å². The van der Waals surface area contributed by atoms with Crippen molar-refractivity contribution in [3.8, 4) is 5.88 Å². The molecule has 0 aliphatic heterocycles. The highest BCUT2D eigenvalue weighted by molar-refractivity contribution is 5.86. The summed E-state index contributed by atoms with van der Waals surface area (Å²) in [5.41, 5.74) is 5.93. The molecule has 3 amide bonds. The molecule has 0 saturated carbocycles. The van der Waals surface area contributed by atoms with Crippen molar-refractivity contribution in [2.75, 3.05) is 7.11 Å². The summed E-state index contributed by atoms with van der Waals surface area (Å²) in [7, 11) is 1.54. The predicted octanol–water partition coefficient (Wildman–Crippen LogP) is 0.789. The molecule has 7 heteroatoms. The van der Waals surface area contributed by atoms with E-state index in [-0.39, 0.29) is 11.8 Å². The molecular weight excluding hydrogens is 272 g/mol. The highest BCUT2D eigenvalue weighted by Crippen LogP contribution is 2.08. The van der Waals surface area contributed by atoms with Crippen LogP contribution in [0.2, 0.25) is 0 Å². The normalized spacial score (nSPS) is 11.8. The van der Waals surface area contributed by atoms with E-state index in [0.29, 0.717) is 18.8 Å². The maximum absolute atomic E-state index is 12.1. The fourth-order valence-electron chi connectivity index (χ4n) is 1.82. The number of urea groups is 1. The third-order valence-electron chi connectivity index (χ3n) is 2.81. The highest BCUT2D eigenvalue weighted by atomic mass is 16.5. The van der Waals surface area contributed by atoms with E-state index < -0.39 is 12.1 Å². The lowest BCUT2D eigenvalue weighted by molar-refractivity contribution is -0.123. The standard InChI is InChI=1S/C14H22N4O3/c1-9(2)6-11(18-14(15)20)13(19)17-8-10-4-5-12(21-3)16-7-10/h4-5,7,9,11H,6,8H2,1-3H3,(H,17,19)(H3,15,18,20)/t11-/m1/s1. The quantitative estimate of drug-likeness (QED) is 0.691. The summed E-state index contributed by atoms with van der Waals surface area (Å²) in [5.74, 6) is 0.506. The second-order valence-electron chi connectivity index (χ2n) is 5.12. The van der Waals surface area contributed by atoms with Crippen LogP contribution in [0, 0.1) is 5.92 Å². The topological polar surface area (TPSA) is 106 Å². The minimum absolute atomic E-state index is 0.259. The van der Waals surface area contributed by atoms with Crippen LogP contribution >= 0.6 is 0 Å². The summed E-state index contributed by atoms with van der Waals surface area (Å²) < 4.78 is 4.96. The van der Waals surface area contributed by atoms with Gasteiger partial charge >= 0.3 is 6.03 Å². The molecule has 0 bridgehead atoms. The molecule has 1 aromatic rings. The summed E-state index contributed by atoms with van der Waals surface area (Å²) in [5, 5.41) is 5.21. The average Bonchev–Trinajstić information content (AvgIpc) is 2.43. The molecule has 0 spiro atoms. The minimum Gasteiger partial charge on any atom is -0.481 e. The molecule has 7 nitrogen and oxygen atoms in total. The van der Waals surface area contributed by atoms with Crippen LogP contribution in [0.3, 0.4) is 0 Å². The van der Waals surface area contributed by atoms with E-state index in [9.17, 15) is 9.59 Å². The molecule has 1 atom stereocenters. The fraction of sp³-hybridized carbons (Fsp3) is 0.500. The van der Waals surface area contributed by atoms with Gasteiger partial charge in [-0.3, -0.25) is 4.79 Å². The van der Waals surface area contributed by atoms with Gasteiger partial charge in [0.25, 0.3) is 0 Å². The first kappa shape index (κ1) is 16.7. The van der Waals surface area contributed by atoms with Crippen LogP contribution in [0.4, 0.5) is 4.79 Å². The Morgan fingerprint density at radius 3 is 2.57 bits per heavy atom. The Hall–Kier alpha value is -2.31. The number of nitrogens with one attached hydrogen (secondary N) is 2. The molecule has 1 heterocycles. The van der Waals surface area contributed by atoms with Gasteiger partial charge in [-0.25, -0.2) is 9.78 Å². The largest absolute Gasteiger partial charge is 0.481 e. The van der Waals surface area contributed by atoms with Gasteiger partial charge in [0.05, 0.1) is 7.11 Å². The van der Waals surface area contributed by atoms with Gasteiger partial charge in [0.1, 0.15) is 6.04 Å². The third kappa shape index (κ3) is 6.11. The Kier molecular flexibility index (Phi) is 6.45. The summed E-state index contributed by atoms with van der Waals surface area (Å²) in [6.07, 6.45) is 2.15.